The number of carbonyl (C=O) groups is 1. The summed E-state index contributed by atoms with van der Waals surface area (Å²) < 4.78 is 0. The van der Waals surface area contributed by atoms with Crippen LogP contribution in [0.1, 0.15) is 36.8 Å². The van der Waals surface area contributed by atoms with Gasteiger partial charge in [-0.1, -0.05) is 54.8 Å². The number of nitrogens with one attached hydrogen (secondary N) is 2. The standard InChI is InChI=1S/C23H25ClN4O2S/c1-28-18-12-11-15(24)13-16(18)20(14-7-3-2-4-8-14)26-21(22(28)30)27-23(31)25-17-9-5-6-10-19(17)29/h2-4,7-8,11-13,17,19,21,29H,5-6,9-10H2,1H3,(H2,25,27,31). The number of thiocarbonyl (C=S) groups is 1. The summed E-state index contributed by atoms with van der Waals surface area (Å²) in [5, 5.41) is 17.3. The summed E-state index contributed by atoms with van der Waals surface area (Å²) in [4.78, 5) is 19.6. The van der Waals surface area contributed by atoms with Crippen LogP contribution in [-0.2, 0) is 4.79 Å². The fourth-order valence-corrected chi connectivity index (χ4v) is 4.52. The molecule has 1 fully saturated rings. The Morgan fingerprint density at radius 1 is 1.16 bits per heavy atom. The van der Waals surface area contributed by atoms with Crippen LogP contribution in [0.4, 0.5) is 5.69 Å². The number of halogens is 1. The molecule has 1 heterocycles. The van der Waals surface area contributed by atoms with Crippen LogP contribution < -0.4 is 15.5 Å². The number of hydrogen-bond donors (Lipinski definition) is 3. The maximum atomic E-state index is 13.2. The van der Waals surface area contributed by atoms with Gasteiger partial charge in [0, 0.05) is 23.2 Å². The number of hydrogen-bond acceptors (Lipinski definition) is 4. The summed E-state index contributed by atoms with van der Waals surface area (Å²) in [7, 11) is 1.72. The van der Waals surface area contributed by atoms with Gasteiger partial charge in [-0.05, 0) is 43.3 Å². The molecule has 1 amide bonds. The van der Waals surface area contributed by atoms with E-state index < -0.39 is 12.3 Å². The van der Waals surface area contributed by atoms with Gasteiger partial charge >= 0.3 is 0 Å². The van der Waals surface area contributed by atoms with Crippen molar-refractivity contribution in [2.24, 2.45) is 4.99 Å². The zero-order valence-electron chi connectivity index (χ0n) is 17.2. The Balaban J connectivity index is 1.67. The van der Waals surface area contributed by atoms with Crippen LogP contribution in [0.15, 0.2) is 53.5 Å². The summed E-state index contributed by atoms with van der Waals surface area (Å²) in [6.45, 7) is 0. The molecule has 0 spiro atoms. The molecule has 162 valence electrons. The maximum absolute atomic E-state index is 13.2. The molecule has 0 bridgehead atoms. The van der Waals surface area contributed by atoms with Crippen LogP contribution in [0, 0.1) is 0 Å². The summed E-state index contributed by atoms with van der Waals surface area (Å²) >= 11 is 11.8. The summed E-state index contributed by atoms with van der Waals surface area (Å²) in [5.74, 6) is -0.233. The molecule has 2 aliphatic rings. The number of likely N-dealkylation sites (N-methyl/N-ethyl adjacent to an activating group) is 1. The molecule has 0 saturated heterocycles. The Morgan fingerprint density at radius 2 is 1.90 bits per heavy atom. The van der Waals surface area contributed by atoms with Gasteiger partial charge in [0.25, 0.3) is 5.91 Å². The molecule has 8 heteroatoms. The van der Waals surface area contributed by atoms with Gasteiger partial charge in [-0.3, -0.25) is 4.79 Å². The zero-order valence-corrected chi connectivity index (χ0v) is 18.8. The highest BCUT2D eigenvalue weighted by atomic mass is 35.5. The van der Waals surface area contributed by atoms with E-state index in [4.69, 9.17) is 28.8 Å². The average Bonchev–Trinajstić information content (AvgIpc) is 2.86. The van der Waals surface area contributed by atoms with Crippen molar-refractivity contribution in [3.63, 3.8) is 0 Å². The van der Waals surface area contributed by atoms with E-state index in [1.165, 1.54) is 0 Å². The molecular formula is C23H25ClN4O2S. The maximum Gasteiger partial charge on any atom is 0.272 e. The second-order valence-corrected chi connectivity index (χ2v) is 8.73. The molecule has 0 radical (unpaired) electrons. The van der Waals surface area contributed by atoms with E-state index in [1.807, 2.05) is 42.5 Å². The van der Waals surface area contributed by atoms with Gasteiger partial charge in [0.1, 0.15) is 0 Å². The highest BCUT2D eigenvalue weighted by molar-refractivity contribution is 7.80. The first-order chi connectivity index (χ1) is 14.9. The topological polar surface area (TPSA) is 77.0 Å². The van der Waals surface area contributed by atoms with Crippen molar-refractivity contribution in [1.29, 1.82) is 0 Å². The lowest BCUT2D eigenvalue weighted by Crippen LogP contribution is -2.54. The van der Waals surface area contributed by atoms with Crippen molar-refractivity contribution in [1.82, 2.24) is 10.6 Å². The molecule has 6 nitrogen and oxygen atoms in total. The molecule has 3 atom stereocenters. The van der Waals surface area contributed by atoms with Crippen molar-refractivity contribution in [3.05, 3.63) is 64.7 Å². The van der Waals surface area contributed by atoms with Crippen LogP contribution in [0.2, 0.25) is 5.02 Å². The van der Waals surface area contributed by atoms with E-state index in [2.05, 4.69) is 10.6 Å². The third kappa shape index (κ3) is 4.74. The minimum Gasteiger partial charge on any atom is -0.391 e. The van der Waals surface area contributed by atoms with Crippen molar-refractivity contribution in [2.75, 3.05) is 11.9 Å². The molecular weight excluding hydrogens is 432 g/mol. The highest BCUT2D eigenvalue weighted by Crippen LogP contribution is 2.30. The first-order valence-corrected chi connectivity index (χ1v) is 11.2. The Morgan fingerprint density at radius 3 is 2.65 bits per heavy atom. The summed E-state index contributed by atoms with van der Waals surface area (Å²) in [6, 6.07) is 15.0. The zero-order chi connectivity index (χ0) is 22.0. The number of nitrogens with zero attached hydrogens (tertiary/aromatic N) is 2. The normalized spacial score (nSPS) is 23.5. The number of benzene rings is 2. The smallest absolute Gasteiger partial charge is 0.272 e. The molecule has 2 aromatic carbocycles. The first-order valence-electron chi connectivity index (χ1n) is 10.4. The number of fused-ring (bicyclic) bond motifs is 1. The molecule has 3 N–H and O–H groups in total. The van der Waals surface area contributed by atoms with Gasteiger partial charge in [-0.25, -0.2) is 4.99 Å². The van der Waals surface area contributed by atoms with Gasteiger partial charge in [0.15, 0.2) is 5.11 Å². The number of amides is 1. The lowest BCUT2D eigenvalue weighted by Gasteiger charge is -2.30. The van der Waals surface area contributed by atoms with Crippen LogP contribution in [0.5, 0.6) is 0 Å². The third-order valence-corrected chi connectivity index (χ3v) is 6.23. The molecule has 31 heavy (non-hydrogen) atoms. The lowest BCUT2D eigenvalue weighted by atomic mass is 9.93. The Kier molecular flexibility index (Phi) is 6.55. The number of rotatable bonds is 3. The fraction of sp³-hybridized carbons (Fsp3) is 0.348. The monoisotopic (exact) mass is 456 g/mol. The van der Waals surface area contributed by atoms with E-state index in [0.29, 0.717) is 15.8 Å². The Bertz CT molecular complexity index is 1010. The molecule has 1 aliphatic heterocycles. The van der Waals surface area contributed by atoms with E-state index in [1.54, 1.807) is 18.0 Å². The molecule has 1 saturated carbocycles. The molecule has 0 aromatic heterocycles. The van der Waals surface area contributed by atoms with Crippen molar-refractivity contribution in [2.45, 2.75) is 44.0 Å². The van der Waals surface area contributed by atoms with E-state index in [-0.39, 0.29) is 11.9 Å². The van der Waals surface area contributed by atoms with Crippen molar-refractivity contribution in [3.8, 4) is 0 Å². The molecule has 3 unspecified atom stereocenters. The summed E-state index contributed by atoms with van der Waals surface area (Å²) in [6.07, 6.45) is 2.27. The Labute approximate surface area is 192 Å². The minimum absolute atomic E-state index is 0.124. The largest absolute Gasteiger partial charge is 0.391 e. The number of aliphatic hydroxyl groups is 1. The summed E-state index contributed by atoms with van der Waals surface area (Å²) in [5.41, 5.74) is 3.04. The average molecular weight is 457 g/mol. The number of aliphatic imine (C=N–C) groups is 1. The van der Waals surface area contributed by atoms with Crippen LogP contribution in [-0.4, -0.2) is 47.2 Å². The van der Waals surface area contributed by atoms with E-state index in [9.17, 15) is 9.90 Å². The van der Waals surface area contributed by atoms with Crippen LogP contribution in [0.25, 0.3) is 0 Å². The number of benzodiazepines with no additional fused rings is 1. The van der Waals surface area contributed by atoms with Crippen LogP contribution >= 0.6 is 23.8 Å². The van der Waals surface area contributed by atoms with Gasteiger partial charge in [-0.2, -0.15) is 0 Å². The predicted molar refractivity (Wildman–Crippen MR) is 128 cm³/mol. The second kappa shape index (κ2) is 9.34. The highest BCUT2D eigenvalue weighted by Gasteiger charge is 2.31. The van der Waals surface area contributed by atoms with Crippen LogP contribution in [0.3, 0.4) is 0 Å². The SMILES string of the molecule is CN1C(=O)C(NC(=S)NC2CCCCC2O)N=C(c2ccccc2)c2cc(Cl)ccc21. The Hall–Kier alpha value is -2.48. The number of aliphatic hydroxyl groups excluding tert-OH is 1. The fourth-order valence-electron chi connectivity index (χ4n) is 4.08. The molecule has 2 aromatic rings. The van der Waals surface area contributed by atoms with Crippen molar-refractivity contribution >= 4 is 46.2 Å². The van der Waals surface area contributed by atoms with Gasteiger partial charge in [0.05, 0.1) is 23.5 Å². The second-order valence-electron chi connectivity index (χ2n) is 7.88. The molecule has 1 aliphatic carbocycles. The van der Waals surface area contributed by atoms with Crippen molar-refractivity contribution < 1.29 is 9.90 Å². The first kappa shape index (κ1) is 21.7. The quantitative estimate of drug-likeness (QED) is 0.618. The molecule has 4 rings (SSSR count). The van der Waals surface area contributed by atoms with Gasteiger partial charge in [-0.15, -0.1) is 0 Å². The van der Waals surface area contributed by atoms with Gasteiger partial charge in [0.2, 0.25) is 6.17 Å². The van der Waals surface area contributed by atoms with E-state index in [0.717, 1.165) is 42.5 Å². The minimum atomic E-state index is -0.910. The number of carbonyl (C=O) groups excluding carboxylic acids is 1. The lowest BCUT2D eigenvalue weighted by molar-refractivity contribution is -0.119. The third-order valence-electron chi connectivity index (χ3n) is 5.76. The van der Waals surface area contributed by atoms with E-state index >= 15 is 0 Å². The number of anilines is 1. The predicted octanol–water partition coefficient (Wildman–Crippen LogP) is 3.25. The van der Waals surface area contributed by atoms with Gasteiger partial charge < -0.3 is 20.6 Å².